The number of benzene rings is 2. The summed E-state index contributed by atoms with van der Waals surface area (Å²) in [6.45, 7) is 2.00. The van der Waals surface area contributed by atoms with Crippen molar-refractivity contribution in [2.45, 2.75) is 19.4 Å². The van der Waals surface area contributed by atoms with Gasteiger partial charge >= 0.3 is 0 Å². The zero-order valence-electron chi connectivity index (χ0n) is 16.8. The number of likely N-dealkylation sites (N-methyl/N-ethyl adjacent to an activating group) is 1. The molecule has 0 N–H and O–H groups in total. The molecule has 0 saturated carbocycles. The van der Waals surface area contributed by atoms with E-state index in [0.29, 0.717) is 36.7 Å². The molecule has 5 nitrogen and oxygen atoms in total. The maximum Gasteiger partial charge on any atom is 0.223 e. The molecule has 0 saturated heterocycles. The van der Waals surface area contributed by atoms with Crippen LogP contribution in [0.5, 0.6) is 0 Å². The number of nitrogens with zero attached hydrogens (tertiary/aromatic N) is 3. The molecule has 0 radical (unpaired) electrons. The summed E-state index contributed by atoms with van der Waals surface area (Å²) in [4.78, 5) is 21.0. The van der Waals surface area contributed by atoms with Crippen molar-refractivity contribution in [1.82, 2.24) is 14.8 Å². The van der Waals surface area contributed by atoms with E-state index >= 15 is 0 Å². The zero-order chi connectivity index (χ0) is 20.6. The molecule has 0 spiro atoms. The van der Waals surface area contributed by atoms with Crippen LogP contribution in [0.25, 0.3) is 11.3 Å². The van der Waals surface area contributed by atoms with Crippen molar-refractivity contribution in [3.8, 4) is 11.3 Å². The fourth-order valence-electron chi connectivity index (χ4n) is 3.00. The number of carbonyl (C=O) groups is 1. The molecule has 0 aliphatic heterocycles. The number of amides is 1. The molecule has 1 heterocycles. The van der Waals surface area contributed by atoms with Crippen LogP contribution in [0.3, 0.4) is 0 Å². The van der Waals surface area contributed by atoms with Crippen molar-refractivity contribution in [1.29, 1.82) is 0 Å². The van der Waals surface area contributed by atoms with E-state index in [2.05, 4.69) is 9.88 Å². The smallest absolute Gasteiger partial charge is 0.223 e. The first-order chi connectivity index (χ1) is 14.0. The van der Waals surface area contributed by atoms with E-state index in [1.54, 1.807) is 18.2 Å². The number of oxazole rings is 1. The summed E-state index contributed by atoms with van der Waals surface area (Å²) in [5, 5.41) is 0. The number of aromatic nitrogens is 1. The summed E-state index contributed by atoms with van der Waals surface area (Å²) < 4.78 is 19.6. The highest BCUT2D eigenvalue weighted by atomic mass is 19.1. The van der Waals surface area contributed by atoms with E-state index in [0.717, 1.165) is 12.1 Å². The molecule has 0 aliphatic rings. The van der Waals surface area contributed by atoms with Crippen molar-refractivity contribution >= 4 is 5.91 Å². The normalized spacial score (nSPS) is 11.0. The predicted molar refractivity (Wildman–Crippen MR) is 111 cm³/mol. The van der Waals surface area contributed by atoms with E-state index in [4.69, 9.17) is 4.42 Å². The number of halogens is 1. The van der Waals surface area contributed by atoms with Gasteiger partial charge in [0.2, 0.25) is 5.91 Å². The van der Waals surface area contributed by atoms with Crippen LogP contribution in [0.1, 0.15) is 17.9 Å². The lowest BCUT2D eigenvalue weighted by Gasteiger charge is -2.24. The van der Waals surface area contributed by atoms with Gasteiger partial charge in [0.1, 0.15) is 5.82 Å². The molecule has 3 aromatic rings. The van der Waals surface area contributed by atoms with Crippen LogP contribution in [0.4, 0.5) is 4.39 Å². The first-order valence-electron chi connectivity index (χ1n) is 9.69. The van der Waals surface area contributed by atoms with Gasteiger partial charge in [0.05, 0.1) is 11.8 Å². The molecule has 0 atom stereocenters. The van der Waals surface area contributed by atoms with Crippen molar-refractivity contribution in [2.75, 3.05) is 27.2 Å². The average Bonchev–Trinajstić information content (AvgIpc) is 3.19. The van der Waals surface area contributed by atoms with Gasteiger partial charge in [0.15, 0.2) is 11.7 Å². The lowest BCUT2D eigenvalue weighted by molar-refractivity contribution is -0.132. The molecule has 1 aromatic heterocycles. The molecular weight excluding hydrogens is 369 g/mol. The lowest BCUT2D eigenvalue weighted by Crippen LogP contribution is -2.36. The third-order valence-electron chi connectivity index (χ3n) is 4.63. The van der Waals surface area contributed by atoms with Crippen molar-refractivity contribution in [2.24, 2.45) is 0 Å². The quantitative estimate of drug-likeness (QED) is 0.549. The highest BCUT2D eigenvalue weighted by molar-refractivity contribution is 5.76. The second-order valence-corrected chi connectivity index (χ2v) is 7.20. The lowest BCUT2D eigenvalue weighted by atomic mass is 10.2. The maximum absolute atomic E-state index is 13.9. The minimum atomic E-state index is -0.357. The second-order valence-electron chi connectivity index (χ2n) is 7.20. The molecule has 0 bridgehead atoms. The molecule has 152 valence electrons. The summed E-state index contributed by atoms with van der Waals surface area (Å²) in [6.07, 6.45) is 2.17. The third-order valence-corrected chi connectivity index (χ3v) is 4.63. The van der Waals surface area contributed by atoms with Crippen molar-refractivity contribution < 1.29 is 13.6 Å². The van der Waals surface area contributed by atoms with E-state index in [9.17, 15) is 9.18 Å². The number of aryl methyl sites for hydroxylation is 1. The Labute approximate surface area is 170 Å². The number of hydrogen-bond donors (Lipinski definition) is 0. The van der Waals surface area contributed by atoms with Gasteiger partial charge in [-0.25, -0.2) is 9.37 Å². The standard InChI is InChI=1S/C23H26FN3O2/c1-26(2)14-15-27(17-18-8-4-3-5-9-18)23(28)13-12-22-25-16-21(29-22)19-10-6-7-11-20(19)24/h3-11,16H,12-15,17H2,1-2H3. The van der Waals surface area contributed by atoms with E-state index in [1.165, 1.54) is 12.3 Å². The number of hydrogen-bond acceptors (Lipinski definition) is 4. The average molecular weight is 395 g/mol. The third kappa shape index (κ3) is 5.99. The minimum Gasteiger partial charge on any atom is -0.441 e. The van der Waals surface area contributed by atoms with Gasteiger partial charge in [-0.05, 0) is 31.8 Å². The Kier molecular flexibility index (Phi) is 7.14. The Morgan fingerprint density at radius 3 is 2.48 bits per heavy atom. The molecule has 0 fully saturated rings. The Morgan fingerprint density at radius 2 is 1.76 bits per heavy atom. The monoisotopic (exact) mass is 395 g/mol. The molecule has 1 amide bonds. The molecule has 0 aliphatic carbocycles. The summed E-state index contributed by atoms with van der Waals surface area (Å²) in [6, 6.07) is 16.4. The molecule has 2 aromatic carbocycles. The summed E-state index contributed by atoms with van der Waals surface area (Å²) in [7, 11) is 3.98. The van der Waals surface area contributed by atoms with Crippen LogP contribution in [0.2, 0.25) is 0 Å². The molecular formula is C23H26FN3O2. The van der Waals surface area contributed by atoms with Crippen LogP contribution in [0, 0.1) is 5.82 Å². The highest BCUT2D eigenvalue weighted by Gasteiger charge is 2.16. The molecule has 0 unspecified atom stereocenters. The highest BCUT2D eigenvalue weighted by Crippen LogP contribution is 2.23. The van der Waals surface area contributed by atoms with E-state index in [-0.39, 0.29) is 18.1 Å². The van der Waals surface area contributed by atoms with Crippen LogP contribution >= 0.6 is 0 Å². The van der Waals surface area contributed by atoms with Gasteiger partial charge in [-0.3, -0.25) is 4.79 Å². The van der Waals surface area contributed by atoms with Crippen molar-refractivity contribution in [3.63, 3.8) is 0 Å². The largest absolute Gasteiger partial charge is 0.441 e. The van der Waals surface area contributed by atoms with Gasteiger partial charge < -0.3 is 14.2 Å². The summed E-state index contributed by atoms with van der Waals surface area (Å²) >= 11 is 0. The van der Waals surface area contributed by atoms with Gasteiger partial charge in [-0.2, -0.15) is 0 Å². The number of rotatable bonds is 9. The fourth-order valence-corrected chi connectivity index (χ4v) is 3.00. The van der Waals surface area contributed by atoms with Crippen LogP contribution < -0.4 is 0 Å². The van der Waals surface area contributed by atoms with Gasteiger partial charge in [0, 0.05) is 32.5 Å². The Hall–Kier alpha value is -2.99. The Morgan fingerprint density at radius 1 is 1.03 bits per heavy atom. The molecule has 29 heavy (non-hydrogen) atoms. The predicted octanol–water partition coefficient (Wildman–Crippen LogP) is 4.00. The van der Waals surface area contributed by atoms with Crippen LogP contribution in [-0.4, -0.2) is 47.9 Å². The van der Waals surface area contributed by atoms with Crippen molar-refractivity contribution in [3.05, 3.63) is 78.1 Å². The van der Waals surface area contributed by atoms with E-state index < -0.39 is 0 Å². The zero-order valence-corrected chi connectivity index (χ0v) is 16.8. The van der Waals surface area contributed by atoms with Crippen LogP contribution in [0.15, 0.2) is 65.2 Å². The van der Waals surface area contributed by atoms with E-state index in [1.807, 2.05) is 49.3 Å². The fraction of sp³-hybridized carbons (Fsp3) is 0.304. The molecule has 6 heteroatoms. The van der Waals surface area contributed by atoms with Gasteiger partial charge in [-0.15, -0.1) is 0 Å². The topological polar surface area (TPSA) is 49.6 Å². The minimum absolute atomic E-state index is 0.0429. The molecule has 3 rings (SSSR count). The van der Waals surface area contributed by atoms with Gasteiger partial charge in [-0.1, -0.05) is 42.5 Å². The Balaban J connectivity index is 1.63. The first kappa shape index (κ1) is 20.7. The van der Waals surface area contributed by atoms with Gasteiger partial charge in [0.25, 0.3) is 0 Å². The first-order valence-corrected chi connectivity index (χ1v) is 9.69. The number of carbonyl (C=O) groups excluding carboxylic acids is 1. The summed E-state index contributed by atoms with van der Waals surface area (Å²) in [5.41, 5.74) is 1.46. The SMILES string of the molecule is CN(C)CCN(Cc1ccccc1)C(=O)CCc1ncc(-c2ccccc2F)o1. The summed E-state index contributed by atoms with van der Waals surface area (Å²) in [5.74, 6) is 0.494. The Bertz CT molecular complexity index is 925. The maximum atomic E-state index is 13.9. The van der Waals surface area contributed by atoms with Crippen LogP contribution in [-0.2, 0) is 17.8 Å². The second kappa shape index (κ2) is 9.98.